The first-order chi connectivity index (χ1) is 14.3. The highest BCUT2D eigenvalue weighted by Gasteiger charge is 2.35. The molecule has 1 fully saturated rings. The summed E-state index contributed by atoms with van der Waals surface area (Å²) in [6.45, 7) is 6.21. The van der Waals surface area contributed by atoms with Crippen molar-refractivity contribution in [2.24, 2.45) is 0 Å². The van der Waals surface area contributed by atoms with E-state index in [1.54, 1.807) is 18.2 Å². The number of imide groups is 1. The molecule has 3 aromatic rings. The monoisotopic (exact) mass is 420 g/mol. The van der Waals surface area contributed by atoms with Gasteiger partial charge in [-0.05, 0) is 85.6 Å². The van der Waals surface area contributed by atoms with Gasteiger partial charge in [-0.1, -0.05) is 24.3 Å². The molecule has 30 heavy (non-hydrogen) atoms. The van der Waals surface area contributed by atoms with Gasteiger partial charge >= 0.3 is 0 Å². The summed E-state index contributed by atoms with van der Waals surface area (Å²) >= 11 is 0.936. The highest BCUT2D eigenvalue weighted by atomic mass is 32.2. The Bertz CT molecular complexity index is 1180. The van der Waals surface area contributed by atoms with E-state index in [0.29, 0.717) is 10.5 Å². The standard InChI is InChI=1S/C24H21FN2O2S/c1-15-5-4-6-21(11-15)27-16(2)12-19(17(27)3)13-22-23(28)26(24(29)30-22)14-18-7-9-20(25)10-8-18/h4-13H,14H2,1-3H3/b22-13-. The molecule has 0 atom stereocenters. The van der Waals surface area contributed by atoms with E-state index in [-0.39, 0.29) is 23.5 Å². The van der Waals surface area contributed by atoms with Crippen molar-refractivity contribution in [3.8, 4) is 5.69 Å². The summed E-state index contributed by atoms with van der Waals surface area (Å²) < 4.78 is 15.3. The molecule has 0 unspecified atom stereocenters. The maximum absolute atomic E-state index is 13.1. The first-order valence-electron chi connectivity index (χ1n) is 9.59. The Morgan fingerprint density at radius 1 is 1.00 bits per heavy atom. The van der Waals surface area contributed by atoms with E-state index >= 15 is 0 Å². The van der Waals surface area contributed by atoms with Crippen molar-refractivity contribution in [1.29, 1.82) is 0 Å². The molecule has 152 valence electrons. The van der Waals surface area contributed by atoms with E-state index in [0.717, 1.165) is 34.4 Å². The van der Waals surface area contributed by atoms with Crippen LogP contribution in [0.3, 0.4) is 0 Å². The number of nitrogens with zero attached hydrogens (tertiary/aromatic N) is 2. The normalized spacial score (nSPS) is 15.5. The molecule has 0 bridgehead atoms. The fourth-order valence-electron chi connectivity index (χ4n) is 3.65. The molecule has 2 heterocycles. The van der Waals surface area contributed by atoms with Crippen molar-refractivity contribution in [1.82, 2.24) is 9.47 Å². The minimum atomic E-state index is -0.350. The molecule has 4 rings (SSSR count). The number of carbonyl (C=O) groups excluding carboxylic acids is 2. The Kier molecular flexibility index (Phi) is 5.35. The van der Waals surface area contributed by atoms with E-state index in [1.165, 1.54) is 22.6 Å². The molecule has 0 spiro atoms. The molecule has 2 aromatic carbocycles. The van der Waals surface area contributed by atoms with Crippen LogP contribution in [0.4, 0.5) is 9.18 Å². The van der Waals surface area contributed by atoms with E-state index in [2.05, 4.69) is 23.6 Å². The van der Waals surface area contributed by atoms with Crippen LogP contribution in [0, 0.1) is 26.6 Å². The third-order valence-corrected chi connectivity index (χ3v) is 6.05. The Morgan fingerprint density at radius 3 is 2.43 bits per heavy atom. The Morgan fingerprint density at radius 2 is 1.73 bits per heavy atom. The van der Waals surface area contributed by atoms with Crippen molar-refractivity contribution in [3.63, 3.8) is 0 Å². The van der Waals surface area contributed by atoms with Gasteiger partial charge in [0.1, 0.15) is 5.82 Å². The van der Waals surface area contributed by atoms with Gasteiger partial charge in [0.15, 0.2) is 0 Å². The first-order valence-corrected chi connectivity index (χ1v) is 10.4. The molecule has 0 N–H and O–H groups in total. The second-order valence-electron chi connectivity index (χ2n) is 7.40. The van der Waals surface area contributed by atoms with Crippen molar-refractivity contribution in [3.05, 3.63) is 93.4 Å². The SMILES string of the molecule is Cc1cccc(-n2c(C)cc(/C=C3\SC(=O)N(Cc4ccc(F)cc4)C3=O)c2C)c1. The molecule has 4 nitrogen and oxygen atoms in total. The summed E-state index contributed by atoms with van der Waals surface area (Å²) in [4.78, 5) is 26.9. The van der Waals surface area contributed by atoms with E-state index in [4.69, 9.17) is 0 Å². The summed E-state index contributed by atoms with van der Waals surface area (Å²) in [6, 6.07) is 16.1. The largest absolute Gasteiger partial charge is 0.318 e. The Labute approximate surface area is 179 Å². The summed E-state index contributed by atoms with van der Waals surface area (Å²) in [7, 11) is 0. The number of thioether (sulfide) groups is 1. The fourth-order valence-corrected chi connectivity index (χ4v) is 4.48. The molecular weight excluding hydrogens is 399 g/mol. The molecule has 2 amide bonds. The average molecular weight is 421 g/mol. The maximum Gasteiger partial charge on any atom is 0.293 e. The minimum absolute atomic E-state index is 0.130. The molecular formula is C24H21FN2O2S. The number of benzene rings is 2. The first kappa shape index (κ1) is 20.2. The van der Waals surface area contributed by atoms with Gasteiger partial charge in [0.25, 0.3) is 11.1 Å². The van der Waals surface area contributed by atoms with Gasteiger partial charge < -0.3 is 4.57 Å². The van der Waals surface area contributed by atoms with Crippen molar-refractivity contribution in [2.75, 3.05) is 0 Å². The summed E-state index contributed by atoms with van der Waals surface area (Å²) in [5.41, 5.74) is 5.90. The number of amides is 2. The van der Waals surface area contributed by atoms with Crippen molar-refractivity contribution in [2.45, 2.75) is 27.3 Å². The quantitative estimate of drug-likeness (QED) is 0.503. The van der Waals surface area contributed by atoms with Crippen molar-refractivity contribution >= 4 is 29.0 Å². The second kappa shape index (κ2) is 7.95. The zero-order valence-electron chi connectivity index (χ0n) is 17.0. The summed E-state index contributed by atoms with van der Waals surface area (Å²) in [6.07, 6.45) is 1.78. The number of rotatable bonds is 4. The lowest BCUT2D eigenvalue weighted by atomic mass is 10.2. The van der Waals surface area contributed by atoms with Gasteiger partial charge in [0, 0.05) is 17.1 Å². The highest BCUT2D eigenvalue weighted by molar-refractivity contribution is 8.18. The number of hydrogen-bond donors (Lipinski definition) is 0. The number of hydrogen-bond acceptors (Lipinski definition) is 3. The zero-order chi connectivity index (χ0) is 21.4. The number of aryl methyl sites for hydroxylation is 2. The molecule has 1 aliphatic heterocycles. The lowest BCUT2D eigenvalue weighted by Crippen LogP contribution is -2.27. The smallest absolute Gasteiger partial charge is 0.293 e. The minimum Gasteiger partial charge on any atom is -0.318 e. The molecule has 1 aliphatic rings. The predicted molar refractivity (Wildman–Crippen MR) is 118 cm³/mol. The van der Waals surface area contributed by atoms with Crippen LogP contribution in [0.2, 0.25) is 0 Å². The fraction of sp³-hybridized carbons (Fsp3) is 0.167. The predicted octanol–water partition coefficient (Wildman–Crippen LogP) is 5.78. The highest BCUT2D eigenvalue weighted by Crippen LogP contribution is 2.34. The van der Waals surface area contributed by atoms with Gasteiger partial charge in [-0.2, -0.15) is 0 Å². The maximum atomic E-state index is 13.1. The molecule has 1 saturated heterocycles. The topological polar surface area (TPSA) is 42.3 Å². The van der Waals surface area contributed by atoms with E-state index in [9.17, 15) is 14.0 Å². The molecule has 1 aromatic heterocycles. The summed E-state index contributed by atoms with van der Waals surface area (Å²) in [5, 5.41) is -0.317. The average Bonchev–Trinajstić information content (AvgIpc) is 3.13. The zero-order valence-corrected chi connectivity index (χ0v) is 17.8. The van der Waals surface area contributed by atoms with Gasteiger partial charge in [0.2, 0.25) is 0 Å². The van der Waals surface area contributed by atoms with Gasteiger partial charge in [-0.15, -0.1) is 0 Å². The lowest BCUT2D eigenvalue weighted by molar-refractivity contribution is -0.123. The lowest BCUT2D eigenvalue weighted by Gasteiger charge is -2.12. The second-order valence-corrected chi connectivity index (χ2v) is 8.39. The number of aromatic nitrogens is 1. The van der Waals surface area contributed by atoms with Crippen LogP contribution in [0.15, 0.2) is 59.5 Å². The number of halogens is 1. The van der Waals surface area contributed by atoms with Crippen LogP contribution in [0.5, 0.6) is 0 Å². The molecule has 0 aliphatic carbocycles. The van der Waals surface area contributed by atoms with Crippen LogP contribution < -0.4 is 0 Å². The van der Waals surface area contributed by atoms with Crippen molar-refractivity contribution < 1.29 is 14.0 Å². The molecule has 0 saturated carbocycles. The van der Waals surface area contributed by atoms with E-state index < -0.39 is 0 Å². The van der Waals surface area contributed by atoms with Crippen LogP contribution in [0.25, 0.3) is 11.8 Å². The number of carbonyl (C=O) groups is 2. The Hall–Kier alpha value is -3.12. The van der Waals surface area contributed by atoms with Gasteiger partial charge in [-0.25, -0.2) is 4.39 Å². The van der Waals surface area contributed by atoms with Gasteiger partial charge in [-0.3, -0.25) is 14.5 Å². The Balaban J connectivity index is 1.62. The van der Waals surface area contributed by atoms with Crippen LogP contribution in [-0.4, -0.2) is 20.6 Å². The van der Waals surface area contributed by atoms with Crippen LogP contribution >= 0.6 is 11.8 Å². The summed E-state index contributed by atoms with van der Waals surface area (Å²) in [5.74, 6) is -0.675. The third kappa shape index (κ3) is 3.83. The van der Waals surface area contributed by atoms with E-state index in [1.807, 2.05) is 32.0 Å². The molecule has 6 heteroatoms. The third-order valence-electron chi connectivity index (χ3n) is 5.14. The van der Waals surface area contributed by atoms with Crippen LogP contribution in [0.1, 0.15) is 28.1 Å². The van der Waals surface area contributed by atoms with Gasteiger partial charge in [0.05, 0.1) is 11.4 Å². The van der Waals surface area contributed by atoms with Crippen LogP contribution in [-0.2, 0) is 11.3 Å². The molecule has 0 radical (unpaired) electrons.